The van der Waals surface area contributed by atoms with Crippen LogP contribution >= 0.6 is 7.57 Å². The van der Waals surface area contributed by atoms with Crippen LogP contribution < -0.4 is 14.2 Å². The van der Waals surface area contributed by atoms with E-state index < -0.39 is 13.7 Å². The summed E-state index contributed by atoms with van der Waals surface area (Å²) in [6, 6.07) is 3.69. The Morgan fingerprint density at radius 2 is 1.55 bits per heavy atom. The van der Waals surface area contributed by atoms with Crippen LogP contribution in [0.25, 0.3) is 6.08 Å². The van der Waals surface area contributed by atoms with Crippen LogP contribution in [0.15, 0.2) is 53.8 Å². The van der Waals surface area contributed by atoms with Gasteiger partial charge >= 0.3 is 0 Å². The Bertz CT molecular complexity index is 858. The smallest absolute Gasteiger partial charge is 0.248 e. The lowest BCUT2D eigenvalue weighted by Crippen LogP contribution is -2.07. The fourth-order valence-electron chi connectivity index (χ4n) is 2.62. The molecule has 1 aliphatic carbocycles. The number of rotatable bonds is 9. The molecule has 1 N–H and O–H groups in total. The number of allylic oxidation sites excluding steroid dienone is 4. The van der Waals surface area contributed by atoms with E-state index in [0.717, 1.165) is 11.1 Å². The molecule has 0 bridgehead atoms. The van der Waals surface area contributed by atoms with E-state index in [1.807, 2.05) is 42.5 Å². The molecule has 29 heavy (non-hydrogen) atoms. The first-order valence-corrected chi connectivity index (χ1v) is 10.5. The molecular formula is C21H27O7P. The predicted molar refractivity (Wildman–Crippen MR) is 116 cm³/mol. The zero-order valence-electron chi connectivity index (χ0n) is 17.2. The van der Waals surface area contributed by atoms with Crippen molar-refractivity contribution in [2.45, 2.75) is 6.10 Å². The molecule has 0 amide bonds. The molecular weight excluding hydrogens is 395 g/mol. The summed E-state index contributed by atoms with van der Waals surface area (Å²) in [7, 11) is 4.44. The minimum Gasteiger partial charge on any atom is -0.497 e. The lowest BCUT2D eigenvalue weighted by molar-refractivity contribution is 0.206. The number of ether oxygens (including phenoxy) is 4. The third kappa shape index (κ3) is 6.27. The highest BCUT2D eigenvalue weighted by atomic mass is 31.2. The lowest BCUT2D eigenvalue weighted by Gasteiger charge is -2.19. The Hall–Kier alpha value is -2.44. The molecule has 0 fully saturated rings. The molecule has 158 valence electrons. The van der Waals surface area contributed by atoms with Crippen molar-refractivity contribution in [1.82, 2.24) is 0 Å². The number of benzene rings is 1. The summed E-state index contributed by atoms with van der Waals surface area (Å²) in [5.74, 6) is 2.25. The van der Waals surface area contributed by atoms with Crippen molar-refractivity contribution in [3.8, 4) is 17.2 Å². The number of hydrogen-bond donors (Lipinski definition) is 1. The van der Waals surface area contributed by atoms with E-state index >= 15 is 0 Å². The van der Waals surface area contributed by atoms with Crippen LogP contribution in [0, 0.1) is 0 Å². The van der Waals surface area contributed by atoms with E-state index in [2.05, 4.69) is 6.30 Å². The Balaban J connectivity index is 2.35. The fourth-order valence-corrected chi connectivity index (χ4v) is 3.21. The summed E-state index contributed by atoms with van der Waals surface area (Å²) < 4.78 is 32.0. The molecule has 8 heteroatoms. The Morgan fingerprint density at radius 1 is 0.897 bits per heavy atom. The Labute approximate surface area is 171 Å². The maximum absolute atomic E-state index is 10.1. The Kier molecular flexibility index (Phi) is 8.17. The molecule has 1 aromatic carbocycles. The van der Waals surface area contributed by atoms with Crippen LogP contribution in [-0.2, 0) is 13.8 Å². The third-order valence-electron chi connectivity index (χ3n) is 4.09. The first kappa shape index (κ1) is 22.8. The normalized spacial score (nSPS) is 18.5. The van der Waals surface area contributed by atoms with Crippen molar-refractivity contribution in [2.24, 2.45) is 0 Å². The zero-order valence-corrected chi connectivity index (χ0v) is 18.1. The van der Waals surface area contributed by atoms with Gasteiger partial charge in [0, 0.05) is 7.11 Å². The second kappa shape index (κ2) is 10.4. The zero-order chi connectivity index (χ0) is 21.4. The minimum absolute atomic E-state index is 0.529. The van der Waals surface area contributed by atoms with Gasteiger partial charge in [-0.05, 0) is 47.8 Å². The maximum atomic E-state index is 10.1. The summed E-state index contributed by atoms with van der Waals surface area (Å²) in [5.41, 5.74) is 1.69. The van der Waals surface area contributed by atoms with Crippen LogP contribution in [0.5, 0.6) is 17.2 Å². The average Bonchev–Trinajstić information content (AvgIpc) is 2.92. The maximum Gasteiger partial charge on any atom is 0.248 e. The monoisotopic (exact) mass is 422 g/mol. The van der Waals surface area contributed by atoms with E-state index in [0.29, 0.717) is 23.0 Å². The van der Waals surface area contributed by atoms with Gasteiger partial charge in [0.2, 0.25) is 13.3 Å². The molecule has 0 radical (unpaired) electrons. The van der Waals surface area contributed by atoms with Crippen LogP contribution in [0.2, 0.25) is 0 Å². The van der Waals surface area contributed by atoms with Gasteiger partial charge in [-0.1, -0.05) is 18.2 Å². The van der Waals surface area contributed by atoms with Gasteiger partial charge < -0.3 is 32.9 Å². The van der Waals surface area contributed by atoms with Crippen molar-refractivity contribution in [3.05, 3.63) is 59.4 Å². The van der Waals surface area contributed by atoms with Crippen molar-refractivity contribution in [3.63, 3.8) is 0 Å². The second-order valence-electron chi connectivity index (χ2n) is 5.96. The number of hydrogen-bond acceptors (Lipinski definition) is 7. The molecule has 2 unspecified atom stereocenters. The predicted octanol–water partition coefficient (Wildman–Crippen LogP) is 3.97. The van der Waals surface area contributed by atoms with E-state index in [4.69, 9.17) is 28.0 Å². The molecule has 0 saturated carbocycles. The van der Waals surface area contributed by atoms with Crippen molar-refractivity contribution >= 4 is 19.9 Å². The summed E-state index contributed by atoms with van der Waals surface area (Å²) in [4.78, 5) is 10.1. The van der Waals surface area contributed by atoms with Gasteiger partial charge in [0.05, 0.1) is 28.4 Å². The Morgan fingerprint density at radius 3 is 2.07 bits per heavy atom. The quantitative estimate of drug-likeness (QED) is 0.604. The average molecular weight is 422 g/mol. The van der Waals surface area contributed by atoms with E-state index in [1.54, 1.807) is 34.5 Å². The fraction of sp³-hybridized carbons (Fsp3) is 0.286. The molecule has 0 aliphatic heterocycles. The van der Waals surface area contributed by atoms with Gasteiger partial charge in [0.15, 0.2) is 11.5 Å². The van der Waals surface area contributed by atoms with Gasteiger partial charge in [-0.2, -0.15) is 0 Å². The molecule has 0 saturated heterocycles. The van der Waals surface area contributed by atoms with Gasteiger partial charge in [-0.3, -0.25) is 0 Å². The third-order valence-corrected chi connectivity index (χ3v) is 5.23. The summed E-state index contributed by atoms with van der Waals surface area (Å²) in [5, 5.41) is 0. The van der Waals surface area contributed by atoms with E-state index in [9.17, 15) is 4.89 Å². The first-order chi connectivity index (χ1) is 13.8. The first-order valence-electron chi connectivity index (χ1n) is 8.69. The molecule has 0 aromatic heterocycles. The van der Waals surface area contributed by atoms with E-state index in [-0.39, 0.29) is 0 Å². The van der Waals surface area contributed by atoms with Crippen LogP contribution in [0.1, 0.15) is 5.56 Å². The van der Waals surface area contributed by atoms with Crippen molar-refractivity contribution in [2.75, 3.05) is 35.5 Å². The molecule has 0 spiro atoms. The van der Waals surface area contributed by atoms with Gasteiger partial charge in [-0.25, -0.2) is 0 Å². The largest absolute Gasteiger partial charge is 0.497 e. The number of methoxy groups -OCH3 is 4. The van der Waals surface area contributed by atoms with Crippen LogP contribution in [0.4, 0.5) is 0 Å². The SMILES string of the molecule is C=P(O)(OC)OC1C=C(/C=C\c2cc(OC)c(OC)c(OC)c2)C=CC(OC)=C1. The van der Waals surface area contributed by atoms with Crippen molar-refractivity contribution in [1.29, 1.82) is 0 Å². The van der Waals surface area contributed by atoms with Gasteiger partial charge in [0.1, 0.15) is 11.9 Å². The molecule has 0 heterocycles. The van der Waals surface area contributed by atoms with Crippen LogP contribution in [0.3, 0.4) is 0 Å². The second-order valence-corrected chi connectivity index (χ2v) is 7.81. The highest BCUT2D eigenvalue weighted by Crippen LogP contribution is 2.44. The van der Waals surface area contributed by atoms with Gasteiger partial charge in [-0.15, -0.1) is 0 Å². The highest BCUT2D eigenvalue weighted by molar-refractivity contribution is 7.58. The molecule has 1 aromatic rings. The van der Waals surface area contributed by atoms with Crippen LogP contribution in [-0.4, -0.2) is 52.8 Å². The summed E-state index contributed by atoms with van der Waals surface area (Å²) in [6.07, 6.45) is 14.0. The van der Waals surface area contributed by atoms with Crippen molar-refractivity contribution < 1.29 is 32.9 Å². The lowest BCUT2D eigenvalue weighted by atomic mass is 10.1. The summed E-state index contributed by atoms with van der Waals surface area (Å²) in [6.45, 7) is 0. The topological polar surface area (TPSA) is 75.6 Å². The summed E-state index contributed by atoms with van der Waals surface area (Å²) >= 11 is 0. The molecule has 7 nitrogen and oxygen atoms in total. The van der Waals surface area contributed by atoms with E-state index in [1.165, 1.54) is 7.11 Å². The highest BCUT2D eigenvalue weighted by Gasteiger charge is 2.17. The molecule has 1 aliphatic rings. The standard InChI is InChI=1S/C21H27O7P/c1-23-17-10-9-15(11-18(14-17)28-29(6,22)27-5)7-8-16-12-19(24-2)21(26-4)20(13-16)25-3/h7-14,18,22H,6H2,1-5H3/b8-7-. The minimum atomic E-state index is -3.18. The molecule has 2 atom stereocenters. The molecule has 2 rings (SSSR count). The van der Waals surface area contributed by atoms with Gasteiger partial charge in [0.25, 0.3) is 0 Å².